The summed E-state index contributed by atoms with van der Waals surface area (Å²) in [6.45, 7) is 3.27. The quantitative estimate of drug-likeness (QED) is 0.727. The van der Waals surface area contributed by atoms with Crippen molar-refractivity contribution in [2.45, 2.75) is 45.6 Å². The number of aromatic amines is 1. The first-order valence-corrected chi connectivity index (χ1v) is 7.44. The summed E-state index contributed by atoms with van der Waals surface area (Å²) in [6, 6.07) is 0. The van der Waals surface area contributed by atoms with Gasteiger partial charge in [-0.05, 0) is 43.4 Å². The van der Waals surface area contributed by atoms with Crippen molar-refractivity contribution in [3.63, 3.8) is 0 Å². The maximum absolute atomic E-state index is 11.9. The summed E-state index contributed by atoms with van der Waals surface area (Å²) in [5.41, 5.74) is 5.89. The summed E-state index contributed by atoms with van der Waals surface area (Å²) < 4.78 is 1.43. The molecule has 2 fully saturated rings. The molecule has 0 amide bonds. The van der Waals surface area contributed by atoms with Gasteiger partial charge in [0.05, 0.1) is 0 Å². The third kappa shape index (κ3) is 2.23. The number of hydrogen-bond acceptors (Lipinski definition) is 4. The number of H-pyrrole nitrogens is 1. The van der Waals surface area contributed by atoms with E-state index in [0.29, 0.717) is 17.6 Å². The van der Waals surface area contributed by atoms with Gasteiger partial charge in [-0.3, -0.25) is 14.3 Å². The molecule has 0 saturated heterocycles. The van der Waals surface area contributed by atoms with Crippen LogP contribution in [0.2, 0.25) is 0 Å². The van der Waals surface area contributed by atoms with Crippen molar-refractivity contribution >= 4 is 11.5 Å². The third-order valence-corrected chi connectivity index (χ3v) is 4.64. The van der Waals surface area contributed by atoms with Crippen LogP contribution in [0.1, 0.15) is 39.0 Å². The predicted molar refractivity (Wildman–Crippen MR) is 78.9 cm³/mol. The number of hydrogen-bond donors (Lipinski definition) is 3. The number of nitrogens with two attached hydrogens (primary N) is 1. The van der Waals surface area contributed by atoms with Crippen LogP contribution in [0.3, 0.4) is 0 Å². The highest BCUT2D eigenvalue weighted by Gasteiger charge is 2.53. The van der Waals surface area contributed by atoms with Gasteiger partial charge in [0.15, 0.2) is 0 Å². The lowest BCUT2D eigenvalue weighted by Crippen LogP contribution is -2.35. The summed E-state index contributed by atoms with van der Waals surface area (Å²) >= 11 is 0. The van der Waals surface area contributed by atoms with Crippen LogP contribution in [0, 0.1) is 11.3 Å². The molecule has 0 bridgehead atoms. The zero-order chi connectivity index (χ0) is 14.3. The van der Waals surface area contributed by atoms with Gasteiger partial charge < -0.3 is 11.1 Å². The molecule has 2 aliphatic rings. The van der Waals surface area contributed by atoms with E-state index >= 15 is 0 Å². The maximum Gasteiger partial charge on any atom is 0.330 e. The summed E-state index contributed by atoms with van der Waals surface area (Å²) in [6.07, 6.45) is 5.88. The highest BCUT2D eigenvalue weighted by molar-refractivity contribution is 5.60. The van der Waals surface area contributed by atoms with Gasteiger partial charge in [0.25, 0.3) is 5.56 Å². The standard InChI is InChI=1S/C14H22N4O2/c1-2-7-18-11(15)10(12(19)17-13(18)20)16-8-14(5-6-14)9-3-4-9/h9,16H,2-8,15H2,1H3,(H,17,19,20). The Bertz CT molecular complexity index is 623. The average Bonchev–Trinajstić information content (AvgIpc) is 3.26. The summed E-state index contributed by atoms with van der Waals surface area (Å²) in [7, 11) is 0. The van der Waals surface area contributed by atoms with Crippen LogP contribution < -0.4 is 22.3 Å². The lowest BCUT2D eigenvalue weighted by atomic mass is 10.0. The molecule has 2 saturated carbocycles. The van der Waals surface area contributed by atoms with Crippen molar-refractivity contribution in [3.05, 3.63) is 20.8 Å². The molecular weight excluding hydrogens is 256 g/mol. The monoisotopic (exact) mass is 278 g/mol. The van der Waals surface area contributed by atoms with E-state index < -0.39 is 11.2 Å². The Balaban J connectivity index is 1.83. The van der Waals surface area contributed by atoms with Crippen LogP contribution in [0.15, 0.2) is 9.59 Å². The molecule has 0 unspecified atom stereocenters. The molecule has 0 atom stereocenters. The van der Waals surface area contributed by atoms with Gasteiger partial charge in [-0.15, -0.1) is 0 Å². The summed E-state index contributed by atoms with van der Waals surface area (Å²) in [5, 5.41) is 3.20. The second-order valence-corrected chi connectivity index (χ2v) is 6.16. The first-order chi connectivity index (χ1) is 9.57. The summed E-state index contributed by atoms with van der Waals surface area (Å²) in [5.74, 6) is 1.07. The largest absolute Gasteiger partial charge is 0.383 e. The van der Waals surface area contributed by atoms with Crippen LogP contribution >= 0.6 is 0 Å². The number of anilines is 2. The highest BCUT2D eigenvalue weighted by atomic mass is 16.2. The molecule has 6 nitrogen and oxygen atoms in total. The molecule has 1 heterocycles. The van der Waals surface area contributed by atoms with Crippen molar-refractivity contribution in [3.8, 4) is 0 Å². The molecule has 0 aliphatic heterocycles. The Morgan fingerprint density at radius 1 is 1.40 bits per heavy atom. The van der Waals surface area contributed by atoms with Gasteiger partial charge in [-0.2, -0.15) is 0 Å². The minimum absolute atomic E-state index is 0.257. The SMILES string of the molecule is CCCn1c(N)c(NCC2(C3CC3)CC2)c(=O)[nH]c1=O. The van der Waals surface area contributed by atoms with Crippen molar-refractivity contribution in [1.82, 2.24) is 9.55 Å². The second-order valence-electron chi connectivity index (χ2n) is 6.16. The normalized spacial score (nSPS) is 19.9. The molecule has 0 radical (unpaired) electrons. The van der Waals surface area contributed by atoms with Crippen LogP contribution in [0.4, 0.5) is 11.5 Å². The highest BCUT2D eigenvalue weighted by Crippen LogP contribution is 2.61. The molecule has 1 aromatic rings. The molecule has 3 rings (SSSR count). The number of nitrogen functional groups attached to an aromatic ring is 1. The van der Waals surface area contributed by atoms with Crippen molar-refractivity contribution in [2.75, 3.05) is 17.6 Å². The lowest BCUT2D eigenvalue weighted by Gasteiger charge is -2.18. The van der Waals surface area contributed by atoms with Gasteiger partial charge >= 0.3 is 5.69 Å². The van der Waals surface area contributed by atoms with Crippen LogP contribution in [0.25, 0.3) is 0 Å². The minimum Gasteiger partial charge on any atom is -0.383 e. The maximum atomic E-state index is 11.9. The fourth-order valence-electron chi connectivity index (χ4n) is 3.05. The van der Waals surface area contributed by atoms with Gasteiger partial charge in [-0.1, -0.05) is 6.92 Å². The lowest BCUT2D eigenvalue weighted by molar-refractivity contribution is 0.466. The predicted octanol–water partition coefficient (Wildman–Crippen LogP) is 1.13. The van der Waals surface area contributed by atoms with E-state index in [9.17, 15) is 9.59 Å². The smallest absolute Gasteiger partial charge is 0.330 e. The average molecular weight is 278 g/mol. The van der Waals surface area contributed by atoms with Gasteiger partial charge in [-0.25, -0.2) is 4.79 Å². The zero-order valence-electron chi connectivity index (χ0n) is 11.9. The van der Waals surface area contributed by atoms with Crippen LogP contribution in [-0.4, -0.2) is 16.1 Å². The molecule has 0 aromatic carbocycles. The molecule has 2 aliphatic carbocycles. The van der Waals surface area contributed by atoms with Crippen molar-refractivity contribution in [2.24, 2.45) is 11.3 Å². The number of aromatic nitrogens is 2. The zero-order valence-corrected chi connectivity index (χ0v) is 11.9. The van der Waals surface area contributed by atoms with Gasteiger partial charge in [0, 0.05) is 13.1 Å². The topological polar surface area (TPSA) is 92.9 Å². The van der Waals surface area contributed by atoms with Gasteiger partial charge in [0.1, 0.15) is 11.5 Å². The van der Waals surface area contributed by atoms with E-state index in [1.807, 2.05) is 6.92 Å². The molecule has 6 heteroatoms. The van der Waals surface area contributed by atoms with Crippen LogP contribution in [0.5, 0.6) is 0 Å². The van der Waals surface area contributed by atoms with Crippen molar-refractivity contribution < 1.29 is 0 Å². The Hall–Kier alpha value is -1.72. The van der Waals surface area contributed by atoms with E-state index in [1.54, 1.807) is 0 Å². The number of nitrogens with zero attached hydrogens (tertiary/aromatic N) is 1. The first kappa shape index (κ1) is 13.3. The Morgan fingerprint density at radius 2 is 2.10 bits per heavy atom. The van der Waals surface area contributed by atoms with E-state index in [0.717, 1.165) is 18.9 Å². The van der Waals surface area contributed by atoms with E-state index in [1.165, 1.54) is 30.3 Å². The fourth-order valence-corrected chi connectivity index (χ4v) is 3.05. The van der Waals surface area contributed by atoms with E-state index in [2.05, 4.69) is 10.3 Å². The number of nitrogens with one attached hydrogen (secondary N) is 2. The molecule has 110 valence electrons. The Kier molecular flexibility index (Phi) is 3.11. The molecule has 20 heavy (non-hydrogen) atoms. The fraction of sp³-hybridized carbons (Fsp3) is 0.714. The van der Waals surface area contributed by atoms with Crippen molar-refractivity contribution in [1.29, 1.82) is 0 Å². The molecular formula is C14H22N4O2. The van der Waals surface area contributed by atoms with E-state index in [4.69, 9.17) is 5.73 Å². The van der Waals surface area contributed by atoms with Crippen LogP contribution in [-0.2, 0) is 6.54 Å². The first-order valence-electron chi connectivity index (χ1n) is 7.44. The summed E-state index contributed by atoms with van der Waals surface area (Å²) in [4.78, 5) is 26.0. The molecule has 4 N–H and O–H groups in total. The third-order valence-electron chi connectivity index (χ3n) is 4.64. The minimum atomic E-state index is -0.428. The Morgan fingerprint density at radius 3 is 2.65 bits per heavy atom. The molecule has 0 spiro atoms. The van der Waals surface area contributed by atoms with Gasteiger partial charge in [0.2, 0.25) is 0 Å². The van der Waals surface area contributed by atoms with E-state index in [-0.39, 0.29) is 5.82 Å². The second kappa shape index (κ2) is 4.68. The number of rotatable bonds is 6. The molecule has 1 aromatic heterocycles. The Labute approximate surface area is 117 Å².